The van der Waals surface area contributed by atoms with Gasteiger partial charge in [0.25, 0.3) is 0 Å². The number of ether oxygens (including phenoxy) is 2. The molecule has 0 spiro atoms. The Kier molecular flexibility index (Phi) is 6.40. The summed E-state index contributed by atoms with van der Waals surface area (Å²) in [5, 5.41) is 0.929. The number of likely N-dealkylation sites (tertiary alicyclic amines) is 1. The fourth-order valence-corrected chi connectivity index (χ4v) is 4.26. The first-order valence-corrected chi connectivity index (χ1v) is 10.9. The minimum absolute atomic E-state index is 0.0832. The van der Waals surface area contributed by atoms with Gasteiger partial charge in [0.1, 0.15) is 17.1 Å². The summed E-state index contributed by atoms with van der Waals surface area (Å²) in [6.07, 6.45) is 4.55. The molecule has 0 bridgehead atoms. The van der Waals surface area contributed by atoms with E-state index in [4.69, 9.17) is 19.6 Å². The molecule has 0 saturated carbocycles. The lowest BCUT2D eigenvalue weighted by Gasteiger charge is -2.30. The predicted octanol–water partition coefficient (Wildman–Crippen LogP) is 4.24. The van der Waals surface area contributed by atoms with Crippen molar-refractivity contribution >= 4 is 28.4 Å². The molecule has 2 heterocycles. The maximum atomic E-state index is 12.9. The Balaban J connectivity index is 1.64. The fourth-order valence-electron chi connectivity index (χ4n) is 4.26. The lowest BCUT2D eigenvalue weighted by atomic mass is 9.96. The van der Waals surface area contributed by atoms with Gasteiger partial charge in [-0.25, -0.2) is 0 Å². The smallest absolute Gasteiger partial charge is 0.246 e. The summed E-state index contributed by atoms with van der Waals surface area (Å²) in [5.41, 5.74) is 9.66. The number of amides is 2. The van der Waals surface area contributed by atoms with Crippen LogP contribution in [0.15, 0.2) is 53.2 Å². The van der Waals surface area contributed by atoms with Gasteiger partial charge in [0.05, 0.1) is 20.5 Å². The van der Waals surface area contributed by atoms with Crippen LogP contribution in [0.3, 0.4) is 0 Å². The number of furan rings is 1. The van der Waals surface area contributed by atoms with E-state index in [0.29, 0.717) is 37.3 Å². The Hall–Kier alpha value is -3.74. The molecular weight excluding hydrogens is 420 g/mol. The number of fused-ring (bicyclic) bond motifs is 1. The molecular formula is C26H28N2O5. The first-order valence-electron chi connectivity index (χ1n) is 10.9. The van der Waals surface area contributed by atoms with Gasteiger partial charge >= 0.3 is 0 Å². The molecule has 1 aliphatic rings. The van der Waals surface area contributed by atoms with Crippen molar-refractivity contribution in [2.24, 2.45) is 11.7 Å². The van der Waals surface area contributed by atoms with Crippen LogP contribution in [0.1, 0.15) is 25.3 Å². The van der Waals surface area contributed by atoms with Gasteiger partial charge in [-0.05, 0) is 49.1 Å². The quantitative estimate of drug-likeness (QED) is 0.569. The number of carbonyl (C=O) groups is 2. The third-order valence-electron chi connectivity index (χ3n) is 6.27. The van der Waals surface area contributed by atoms with Gasteiger partial charge in [-0.15, -0.1) is 0 Å². The molecule has 1 aromatic heterocycles. The molecule has 172 valence electrons. The SMILES string of the molecule is COc1ccc(-c2coc3cc(OC)c(/C(C)=C/C(=O)N4CCC(C(N)=O)CC4)cc23)cc1. The van der Waals surface area contributed by atoms with Crippen molar-refractivity contribution in [3.63, 3.8) is 0 Å². The third kappa shape index (κ3) is 4.58. The van der Waals surface area contributed by atoms with Crippen molar-refractivity contribution in [3.05, 3.63) is 54.3 Å². The lowest BCUT2D eigenvalue weighted by Crippen LogP contribution is -2.41. The van der Waals surface area contributed by atoms with Crippen LogP contribution in [-0.2, 0) is 9.59 Å². The van der Waals surface area contributed by atoms with Gasteiger partial charge in [-0.1, -0.05) is 12.1 Å². The summed E-state index contributed by atoms with van der Waals surface area (Å²) >= 11 is 0. The molecule has 2 N–H and O–H groups in total. The third-order valence-corrected chi connectivity index (χ3v) is 6.27. The van der Waals surface area contributed by atoms with E-state index in [1.54, 1.807) is 31.5 Å². The number of piperidine rings is 1. The topological polar surface area (TPSA) is 95.0 Å². The molecule has 33 heavy (non-hydrogen) atoms. The number of rotatable bonds is 6. The minimum atomic E-state index is -0.292. The highest BCUT2D eigenvalue weighted by molar-refractivity contribution is 6.00. The van der Waals surface area contributed by atoms with Crippen molar-refractivity contribution < 1.29 is 23.5 Å². The standard InChI is InChI=1S/C26H28N2O5/c1-16(12-25(29)28-10-8-18(9-11-28)26(27)30)20-13-21-22(15-33-24(21)14-23(20)32-3)17-4-6-19(31-2)7-5-17/h4-7,12-15,18H,8-11H2,1-3H3,(H2,27,30)/b16-12+. The number of hydrogen-bond acceptors (Lipinski definition) is 5. The highest BCUT2D eigenvalue weighted by Gasteiger charge is 2.25. The average Bonchev–Trinajstić information content (AvgIpc) is 3.26. The van der Waals surface area contributed by atoms with Crippen molar-refractivity contribution in [1.29, 1.82) is 0 Å². The molecule has 1 saturated heterocycles. The Bertz CT molecular complexity index is 1200. The number of benzene rings is 2. The molecule has 7 heteroatoms. The zero-order valence-electron chi connectivity index (χ0n) is 19.1. The normalized spacial score (nSPS) is 15.0. The molecule has 0 aliphatic carbocycles. The summed E-state index contributed by atoms with van der Waals surface area (Å²) in [6.45, 7) is 2.94. The van der Waals surface area contributed by atoms with Gasteiger partial charge in [-0.3, -0.25) is 9.59 Å². The Labute approximate surface area is 192 Å². The molecule has 4 rings (SSSR count). The summed E-state index contributed by atoms with van der Waals surface area (Å²) in [5.74, 6) is 0.886. The first kappa shape index (κ1) is 22.5. The monoisotopic (exact) mass is 448 g/mol. The number of primary amides is 1. The Morgan fingerprint density at radius 1 is 1.09 bits per heavy atom. The summed E-state index contributed by atoms with van der Waals surface area (Å²) in [4.78, 5) is 26.0. The minimum Gasteiger partial charge on any atom is -0.497 e. The molecule has 3 aromatic rings. The molecule has 0 radical (unpaired) electrons. The van der Waals surface area contributed by atoms with E-state index < -0.39 is 0 Å². The fraction of sp³-hybridized carbons (Fsp3) is 0.308. The van der Waals surface area contributed by atoms with Crippen molar-refractivity contribution in [3.8, 4) is 22.6 Å². The van der Waals surface area contributed by atoms with E-state index in [1.807, 2.05) is 43.3 Å². The van der Waals surface area contributed by atoms with Crippen molar-refractivity contribution in [1.82, 2.24) is 4.90 Å². The molecule has 2 aromatic carbocycles. The van der Waals surface area contributed by atoms with Crippen LogP contribution in [0.4, 0.5) is 0 Å². The molecule has 1 aliphatic heterocycles. The summed E-state index contributed by atoms with van der Waals surface area (Å²) < 4.78 is 16.6. The van der Waals surface area contributed by atoms with Crippen LogP contribution in [0.25, 0.3) is 27.7 Å². The maximum Gasteiger partial charge on any atom is 0.246 e. The number of nitrogens with zero attached hydrogens (tertiary/aromatic N) is 1. The lowest BCUT2D eigenvalue weighted by molar-refractivity contribution is -0.130. The van der Waals surface area contributed by atoms with Gasteiger partial charge in [0.2, 0.25) is 11.8 Å². The number of carbonyl (C=O) groups excluding carboxylic acids is 2. The Morgan fingerprint density at radius 3 is 2.39 bits per heavy atom. The second-order valence-electron chi connectivity index (χ2n) is 8.26. The van der Waals surface area contributed by atoms with E-state index in [2.05, 4.69) is 0 Å². The van der Waals surface area contributed by atoms with Gasteiger partial charge < -0.3 is 24.5 Å². The number of methoxy groups -OCH3 is 2. The van der Waals surface area contributed by atoms with Crippen LogP contribution in [-0.4, -0.2) is 44.0 Å². The zero-order valence-corrected chi connectivity index (χ0v) is 19.1. The van der Waals surface area contributed by atoms with Crippen LogP contribution in [0, 0.1) is 5.92 Å². The summed E-state index contributed by atoms with van der Waals surface area (Å²) in [7, 11) is 3.23. The summed E-state index contributed by atoms with van der Waals surface area (Å²) in [6, 6.07) is 11.6. The first-order chi connectivity index (χ1) is 15.9. The van der Waals surface area contributed by atoms with Crippen LogP contribution in [0.2, 0.25) is 0 Å². The predicted molar refractivity (Wildman–Crippen MR) is 127 cm³/mol. The van der Waals surface area contributed by atoms with E-state index in [1.165, 1.54) is 0 Å². The largest absolute Gasteiger partial charge is 0.497 e. The van der Waals surface area contributed by atoms with E-state index >= 15 is 0 Å². The number of nitrogens with two attached hydrogens (primary N) is 1. The van der Waals surface area contributed by atoms with Crippen LogP contribution in [0.5, 0.6) is 11.5 Å². The molecule has 0 atom stereocenters. The maximum absolute atomic E-state index is 12.9. The van der Waals surface area contributed by atoms with E-state index in [9.17, 15) is 9.59 Å². The molecule has 2 amide bonds. The van der Waals surface area contributed by atoms with Crippen molar-refractivity contribution in [2.45, 2.75) is 19.8 Å². The van der Waals surface area contributed by atoms with Gasteiger partial charge in [-0.2, -0.15) is 0 Å². The highest BCUT2D eigenvalue weighted by atomic mass is 16.5. The highest BCUT2D eigenvalue weighted by Crippen LogP contribution is 2.37. The molecule has 0 unspecified atom stereocenters. The Morgan fingerprint density at radius 2 is 1.79 bits per heavy atom. The average molecular weight is 449 g/mol. The molecule has 7 nitrogen and oxygen atoms in total. The van der Waals surface area contributed by atoms with Crippen LogP contribution >= 0.6 is 0 Å². The van der Waals surface area contributed by atoms with Crippen molar-refractivity contribution in [2.75, 3.05) is 27.3 Å². The van der Waals surface area contributed by atoms with E-state index in [-0.39, 0.29) is 17.7 Å². The van der Waals surface area contributed by atoms with E-state index in [0.717, 1.165) is 33.4 Å². The molecule has 1 fully saturated rings. The van der Waals surface area contributed by atoms with Crippen LogP contribution < -0.4 is 15.2 Å². The second-order valence-corrected chi connectivity index (χ2v) is 8.26. The number of allylic oxidation sites excluding steroid dienone is 1. The second kappa shape index (κ2) is 9.40. The van der Waals surface area contributed by atoms with Gasteiger partial charge in [0.15, 0.2) is 0 Å². The van der Waals surface area contributed by atoms with Gasteiger partial charge in [0, 0.05) is 47.7 Å². The zero-order chi connectivity index (χ0) is 23.5. The number of hydrogen-bond donors (Lipinski definition) is 1.